The Labute approximate surface area is 182 Å². The van der Waals surface area contributed by atoms with E-state index in [-0.39, 0.29) is 17.2 Å². The summed E-state index contributed by atoms with van der Waals surface area (Å²) in [6, 6.07) is 25.0. The summed E-state index contributed by atoms with van der Waals surface area (Å²) in [5, 5.41) is 2.86. The molecule has 0 unspecified atom stereocenters. The van der Waals surface area contributed by atoms with Crippen LogP contribution >= 0.6 is 27.7 Å². The van der Waals surface area contributed by atoms with Gasteiger partial charge in [0.25, 0.3) is 5.91 Å². The van der Waals surface area contributed by atoms with Gasteiger partial charge in [0.15, 0.2) is 0 Å². The van der Waals surface area contributed by atoms with E-state index in [1.807, 2.05) is 83.8 Å². The molecule has 1 aliphatic rings. The highest BCUT2D eigenvalue weighted by Crippen LogP contribution is 2.39. The molecule has 1 fully saturated rings. The molecule has 0 radical (unpaired) electrons. The fraction of sp³-hybridized carbons (Fsp3) is 0.130. The van der Waals surface area contributed by atoms with Crippen molar-refractivity contribution in [3.63, 3.8) is 0 Å². The number of nitrogens with zero attached hydrogens (tertiary/aromatic N) is 1. The van der Waals surface area contributed by atoms with E-state index in [9.17, 15) is 9.59 Å². The summed E-state index contributed by atoms with van der Waals surface area (Å²) in [5.41, 5.74) is 3.46. The van der Waals surface area contributed by atoms with Crippen molar-refractivity contribution in [2.45, 2.75) is 11.9 Å². The first-order chi connectivity index (χ1) is 14.1. The lowest BCUT2D eigenvalue weighted by Crippen LogP contribution is -2.27. The highest BCUT2D eigenvalue weighted by atomic mass is 79.9. The third-order valence-corrected chi connectivity index (χ3v) is 6.51. The van der Waals surface area contributed by atoms with Crippen LogP contribution in [0.1, 0.15) is 26.9 Å². The van der Waals surface area contributed by atoms with Crippen LogP contribution in [0.5, 0.6) is 0 Å². The van der Waals surface area contributed by atoms with Gasteiger partial charge in [-0.25, -0.2) is 0 Å². The van der Waals surface area contributed by atoms with Crippen LogP contribution in [-0.4, -0.2) is 22.5 Å². The molecule has 3 aromatic carbocycles. The van der Waals surface area contributed by atoms with Crippen LogP contribution in [0.15, 0.2) is 83.3 Å². The quantitative estimate of drug-likeness (QED) is 0.541. The third kappa shape index (κ3) is 4.71. The van der Waals surface area contributed by atoms with E-state index in [1.165, 1.54) is 0 Å². The second-order valence-electron chi connectivity index (χ2n) is 6.75. The minimum Gasteiger partial charge on any atom is -0.322 e. The minimum absolute atomic E-state index is 0.0358. The molecule has 0 aliphatic carbocycles. The summed E-state index contributed by atoms with van der Waals surface area (Å²) < 4.78 is 0.962. The van der Waals surface area contributed by atoms with Gasteiger partial charge in [0.1, 0.15) is 5.37 Å². The molecule has 0 bridgehead atoms. The van der Waals surface area contributed by atoms with Gasteiger partial charge in [-0.1, -0.05) is 58.4 Å². The predicted octanol–water partition coefficient (Wildman–Crippen LogP) is 5.48. The predicted molar refractivity (Wildman–Crippen MR) is 121 cm³/mol. The Kier molecular flexibility index (Phi) is 6.02. The maximum atomic E-state index is 12.5. The SMILES string of the molecule is O=C(Nc1ccc(Br)cc1)c1ccc([C@H]2SCC(=O)N2Cc2ccccc2)cc1. The Bertz CT molecular complexity index is 1010. The van der Waals surface area contributed by atoms with Gasteiger partial charge >= 0.3 is 0 Å². The van der Waals surface area contributed by atoms with Crippen LogP contribution in [0.4, 0.5) is 5.69 Å². The number of hydrogen-bond donors (Lipinski definition) is 1. The Balaban J connectivity index is 1.47. The van der Waals surface area contributed by atoms with Crippen LogP contribution in [0.25, 0.3) is 0 Å². The zero-order chi connectivity index (χ0) is 20.2. The van der Waals surface area contributed by atoms with Crippen LogP contribution in [0, 0.1) is 0 Å². The summed E-state index contributed by atoms with van der Waals surface area (Å²) >= 11 is 5.00. The molecule has 1 aliphatic heterocycles. The largest absolute Gasteiger partial charge is 0.322 e. The smallest absolute Gasteiger partial charge is 0.255 e. The number of anilines is 1. The lowest BCUT2D eigenvalue weighted by molar-refractivity contribution is -0.128. The van der Waals surface area contributed by atoms with Crippen molar-refractivity contribution in [1.82, 2.24) is 4.90 Å². The number of hydrogen-bond acceptors (Lipinski definition) is 3. The summed E-state index contributed by atoms with van der Waals surface area (Å²) in [5.74, 6) is 0.458. The number of rotatable bonds is 5. The molecule has 146 valence electrons. The van der Waals surface area contributed by atoms with Crippen molar-refractivity contribution < 1.29 is 9.59 Å². The lowest BCUT2D eigenvalue weighted by atomic mass is 10.1. The molecule has 0 spiro atoms. The fourth-order valence-electron chi connectivity index (χ4n) is 3.22. The van der Waals surface area contributed by atoms with Gasteiger partial charge in [0.05, 0.1) is 5.75 Å². The van der Waals surface area contributed by atoms with Crippen molar-refractivity contribution >= 4 is 45.2 Å². The Hall–Kier alpha value is -2.57. The van der Waals surface area contributed by atoms with Gasteiger partial charge in [0.2, 0.25) is 5.91 Å². The number of halogens is 1. The molecule has 1 heterocycles. The van der Waals surface area contributed by atoms with Gasteiger partial charge in [-0.3, -0.25) is 9.59 Å². The van der Waals surface area contributed by atoms with E-state index in [1.54, 1.807) is 11.8 Å². The molecule has 1 N–H and O–H groups in total. The van der Waals surface area contributed by atoms with Crippen LogP contribution in [0.2, 0.25) is 0 Å². The van der Waals surface area contributed by atoms with E-state index in [4.69, 9.17) is 0 Å². The molecule has 4 nitrogen and oxygen atoms in total. The summed E-state index contributed by atoms with van der Waals surface area (Å²) in [4.78, 5) is 26.8. The molecule has 3 aromatic rings. The summed E-state index contributed by atoms with van der Waals surface area (Å²) in [7, 11) is 0. The number of carbonyl (C=O) groups is 2. The second kappa shape index (κ2) is 8.84. The maximum absolute atomic E-state index is 12.5. The standard InChI is InChI=1S/C23H19BrN2O2S/c24-19-10-12-20(13-11-19)25-22(28)17-6-8-18(9-7-17)23-26(21(27)15-29-23)14-16-4-2-1-3-5-16/h1-13,23H,14-15H2,(H,25,28)/t23-/m1/s1. The number of benzene rings is 3. The fourth-order valence-corrected chi connectivity index (χ4v) is 4.67. The van der Waals surface area contributed by atoms with Crippen molar-refractivity contribution in [2.75, 3.05) is 11.1 Å². The molecular weight excluding hydrogens is 448 g/mol. The first-order valence-corrected chi connectivity index (χ1v) is 11.1. The second-order valence-corrected chi connectivity index (χ2v) is 8.74. The van der Waals surface area contributed by atoms with Crippen LogP contribution < -0.4 is 5.32 Å². The zero-order valence-corrected chi connectivity index (χ0v) is 17.9. The van der Waals surface area contributed by atoms with Crippen LogP contribution in [-0.2, 0) is 11.3 Å². The van der Waals surface area contributed by atoms with E-state index in [2.05, 4.69) is 21.2 Å². The van der Waals surface area contributed by atoms with E-state index < -0.39 is 0 Å². The first-order valence-electron chi connectivity index (χ1n) is 9.22. The van der Waals surface area contributed by atoms with Gasteiger partial charge in [-0.15, -0.1) is 11.8 Å². The van der Waals surface area contributed by atoms with E-state index in [0.29, 0.717) is 17.9 Å². The maximum Gasteiger partial charge on any atom is 0.255 e. The Morgan fingerprint density at radius 2 is 1.69 bits per heavy atom. The lowest BCUT2D eigenvalue weighted by Gasteiger charge is -2.24. The molecule has 0 saturated carbocycles. The summed E-state index contributed by atoms with van der Waals surface area (Å²) in [6.45, 7) is 0.586. The number of thioether (sulfide) groups is 1. The minimum atomic E-state index is -0.157. The highest BCUT2D eigenvalue weighted by Gasteiger charge is 2.32. The van der Waals surface area contributed by atoms with Crippen molar-refractivity contribution in [1.29, 1.82) is 0 Å². The molecule has 1 atom stereocenters. The monoisotopic (exact) mass is 466 g/mol. The van der Waals surface area contributed by atoms with Crippen molar-refractivity contribution in [3.05, 3.63) is 100 Å². The molecule has 4 rings (SSSR count). The average Bonchev–Trinajstić information content (AvgIpc) is 3.11. The van der Waals surface area contributed by atoms with E-state index in [0.717, 1.165) is 21.3 Å². The number of carbonyl (C=O) groups excluding carboxylic acids is 2. The normalized spacial score (nSPS) is 16.1. The third-order valence-electron chi connectivity index (χ3n) is 4.72. The summed E-state index contributed by atoms with van der Waals surface area (Å²) in [6.07, 6.45) is 0. The zero-order valence-electron chi connectivity index (χ0n) is 15.5. The number of nitrogens with one attached hydrogen (secondary N) is 1. The van der Waals surface area contributed by atoms with E-state index >= 15 is 0 Å². The van der Waals surface area contributed by atoms with Gasteiger partial charge < -0.3 is 10.2 Å². The van der Waals surface area contributed by atoms with Crippen molar-refractivity contribution in [3.8, 4) is 0 Å². The Morgan fingerprint density at radius 3 is 2.38 bits per heavy atom. The molecule has 6 heteroatoms. The topological polar surface area (TPSA) is 49.4 Å². The van der Waals surface area contributed by atoms with Crippen molar-refractivity contribution in [2.24, 2.45) is 0 Å². The highest BCUT2D eigenvalue weighted by molar-refractivity contribution is 9.10. The number of amides is 2. The molecular formula is C23H19BrN2O2S. The average molecular weight is 467 g/mol. The van der Waals surface area contributed by atoms with Gasteiger partial charge in [0, 0.05) is 22.3 Å². The van der Waals surface area contributed by atoms with Gasteiger partial charge in [-0.05, 0) is 47.5 Å². The molecule has 2 amide bonds. The van der Waals surface area contributed by atoms with Crippen LogP contribution in [0.3, 0.4) is 0 Å². The van der Waals surface area contributed by atoms with Gasteiger partial charge in [-0.2, -0.15) is 0 Å². The molecule has 0 aromatic heterocycles. The molecule has 29 heavy (non-hydrogen) atoms. The molecule has 1 saturated heterocycles. The Morgan fingerprint density at radius 1 is 1.00 bits per heavy atom. The first kappa shape index (κ1) is 19.7.